The first kappa shape index (κ1) is 18.7. The number of ether oxygens (including phenoxy) is 1. The second-order valence-electron chi connectivity index (χ2n) is 5.67. The molecule has 0 aliphatic carbocycles. The highest BCUT2D eigenvalue weighted by Gasteiger charge is 2.13. The summed E-state index contributed by atoms with van der Waals surface area (Å²) in [5.41, 5.74) is 1.79. The van der Waals surface area contributed by atoms with E-state index in [1.54, 1.807) is 18.4 Å². The number of carbonyl (C=O) groups is 2. The molecule has 0 atom stereocenters. The van der Waals surface area contributed by atoms with Gasteiger partial charge in [-0.15, -0.1) is 10.2 Å². The summed E-state index contributed by atoms with van der Waals surface area (Å²) < 4.78 is 10.4. The number of aryl methyl sites for hydroxylation is 1. The number of hydrogen-bond acceptors (Lipinski definition) is 7. The highest BCUT2D eigenvalue weighted by atomic mass is 32.1. The zero-order valence-electron chi connectivity index (χ0n) is 14.6. The Balaban J connectivity index is 1.41. The maximum atomic E-state index is 12.2. The van der Waals surface area contributed by atoms with Crippen LogP contribution in [0.25, 0.3) is 0 Å². The molecular weight excluding hydrogens is 368 g/mol. The van der Waals surface area contributed by atoms with E-state index in [-0.39, 0.29) is 30.0 Å². The van der Waals surface area contributed by atoms with Gasteiger partial charge >= 0.3 is 0 Å². The first-order valence-electron chi connectivity index (χ1n) is 8.17. The Hall–Kier alpha value is -3.04. The van der Waals surface area contributed by atoms with Crippen LogP contribution in [-0.2, 0) is 22.7 Å². The van der Waals surface area contributed by atoms with Crippen LogP contribution in [0.2, 0.25) is 0 Å². The van der Waals surface area contributed by atoms with E-state index in [1.165, 1.54) is 0 Å². The lowest BCUT2D eigenvalue weighted by Crippen LogP contribution is -2.26. The molecule has 0 saturated heterocycles. The third-order valence-corrected chi connectivity index (χ3v) is 4.36. The third kappa shape index (κ3) is 5.73. The van der Waals surface area contributed by atoms with Crippen LogP contribution < -0.4 is 10.6 Å². The maximum Gasteiger partial charge on any atom is 0.286 e. The maximum absolute atomic E-state index is 12.2. The molecule has 0 fully saturated rings. The summed E-state index contributed by atoms with van der Waals surface area (Å²) in [4.78, 5) is 23.9. The van der Waals surface area contributed by atoms with Crippen LogP contribution in [0.15, 0.2) is 47.1 Å². The molecule has 0 aliphatic rings. The molecule has 8 nitrogen and oxygen atoms in total. The van der Waals surface area contributed by atoms with Crippen molar-refractivity contribution in [2.75, 3.05) is 11.9 Å². The number of rotatable bonds is 8. The van der Waals surface area contributed by atoms with Gasteiger partial charge in [-0.3, -0.25) is 9.59 Å². The summed E-state index contributed by atoms with van der Waals surface area (Å²) in [6.45, 7) is 2.26. The fraction of sp³-hybridized carbons (Fsp3) is 0.222. The molecule has 0 unspecified atom stereocenters. The first-order valence-corrected chi connectivity index (χ1v) is 8.99. The van der Waals surface area contributed by atoms with Crippen molar-refractivity contribution in [1.29, 1.82) is 0 Å². The lowest BCUT2D eigenvalue weighted by atomic mass is 10.2. The third-order valence-electron chi connectivity index (χ3n) is 3.47. The van der Waals surface area contributed by atoms with E-state index in [1.807, 2.05) is 31.2 Å². The minimum atomic E-state index is -0.334. The topological polar surface area (TPSA) is 106 Å². The number of amides is 2. The van der Waals surface area contributed by atoms with Gasteiger partial charge in [0.05, 0.1) is 12.8 Å². The van der Waals surface area contributed by atoms with Crippen molar-refractivity contribution in [2.24, 2.45) is 0 Å². The van der Waals surface area contributed by atoms with Crippen LogP contribution in [0, 0.1) is 6.92 Å². The number of nitrogens with zero attached hydrogens (tertiary/aromatic N) is 2. The van der Waals surface area contributed by atoms with Crippen molar-refractivity contribution in [3.63, 3.8) is 0 Å². The molecule has 9 heteroatoms. The van der Waals surface area contributed by atoms with E-state index in [9.17, 15) is 9.59 Å². The smallest absolute Gasteiger partial charge is 0.286 e. The molecule has 0 saturated carbocycles. The number of aromatic nitrogens is 2. The van der Waals surface area contributed by atoms with Crippen molar-refractivity contribution in [2.45, 2.75) is 20.1 Å². The number of anilines is 1. The van der Waals surface area contributed by atoms with E-state index in [2.05, 4.69) is 20.8 Å². The zero-order chi connectivity index (χ0) is 19.1. The van der Waals surface area contributed by atoms with Crippen molar-refractivity contribution in [1.82, 2.24) is 15.5 Å². The number of hydrogen-bond donors (Lipinski definition) is 2. The lowest BCUT2D eigenvalue weighted by Gasteiger charge is -2.03. The predicted molar refractivity (Wildman–Crippen MR) is 99.3 cm³/mol. The Morgan fingerprint density at radius 1 is 1.19 bits per heavy atom. The van der Waals surface area contributed by atoms with Crippen LogP contribution in [0.1, 0.15) is 26.1 Å². The summed E-state index contributed by atoms with van der Waals surface area (Å²) in [7, 11) is 0. The van der Waals surface area contributed by atoms with Gasteiger partial charge < -0.3 is 19.8 Å². The molecule has 0 spiro atoms. The Kier molecular flexibility index (Phi) is 6.29. The zero-order valence-corrected chi connectivity index (χ0v) is 15.4. The molecule has 3 aromatic rings. The van der Waals surface area contributed by atoms with Gasteiger partial charge in [-0.25, -0.2) is 0 Å². The second kappa shape index (κ2) is 9.06. The molecule has 0 bridgehead atoms. The molecule has 0 aliphatic heterocycles. The largest absolute Gasteiger partial charge is 0.467 e. The molecule has 1 aromatic carbocycles. The minimum absolute atomic E-state index is 0.101. The molecule has 2 heterocycles. The molecule has 0 radical (unpaired) electrons. The highest BCUT2D eigenvalue weighted by molar-refractivity contribution is 7.13. The second-order valence-corrected chi connectivity index (χ2v) is 6.73. The first-order chi connectivity index (χ1) is 13.1. The Labute approximate surface area is 159 Å². The van der Waals surface area contributed by atoms with Crippen molar-refractivity contribution in [3.8, 4) is 0 Å². The van der Waals surface area contributed by atoms with Gasteiger partial charge in [0.15, 0.2) is 0 Å². The molecule has 2 N–H and O–H groups in total. The lowest BCUT2D eigenvalue weighted by molar-refractivity contribution is -0.126. The molecule has 140 valence electrons. The number of benzene rings is 1. The normalized spacial score (nSPS) is 10.6. The fourth-order valence-corrected chi connectivity index (χ4v) is 2.78. The molecule has 3 rings (SSSR count). The summed E-state index contributed by atoms with van der Waals surface area (Å²) in [6, 6.07) is 11.0. The van der Waals surface area contributed by atoms with Gasteiger partial charge in [-0.05, 0) is 31.2 Å². The van der Waals surface area contributed by atoms with Crippen molar-refractivity contribution in [3.05, 3.63) is 64.0 Å². The molecule has 2 aromatic heterocycles. The number of nitrogens with one attached hydrogen (secondary N) is 2. The number of furan rings is 1. The average molecular weight is 386 g/mol. The van der Waals surface area contributed by atoms with E-state index < -0.39 is 0 Å². The van der Waals surface area contributed by atoms with E-state index in [0.717, 1.165) is 16.9 Å². The minimum Gasteiger partial charge on any atom is -0.467 e. The molecule has 2 amide bonds. The monoisotopic (exact) mass is 386 g/mol. The van der Waals surface area contributed by atoms with Gasteiger partial charge in [0, 0.05) is 5.69 Å². The van der Waals surface area contributed by atoms with Crippen LogP contribution in [0.3, 0.4) is 0 Å². The summed E-state index contributed by atoms with van der Waals surface area (Å²) in [5.74, 6) is 0.0590. The predicted octanol–water partition coefficient (Wildman–Crippen LogP) is 2.52. The Morgan fingerprint density at radius 3 is 2.74 bits per heavy atom. The Bertz CT molecular complexity index is 890. The van der Waals surface area contributed by atoms with Gasteiger partial charge in [0.1, 0.15) is 24.0 Å². The van der Waals surface area contributed by atoms with Crippen molar-refractivity contribution >= 4 is 28.8 Å². The van der Waals surface area contributed by atoms with Crippen molar-refractivity contribution < 1.29 is 18.7 Å². The quantitative estimate of drug-likeness (QED) is 0.616. The van der Waals surface area contributed by atoms with Gasteiger partial charge in [0.25, 0.3) is 5.91 Å². The molecular formula is C18H18N4O4S. The van der Waals surface area contributed by atoms with E-state index in [4.69, 9.17) is 9.15 Å². The molecule has 27 heavy (non-hydrogen) atoms. The van der Waals surface area contributed by atoms with Crippen LogP contribution in [0.4, 0.5) is 5.69 Å². The average Bonchev–Trinajstić information content (AvgIpc) is 3.34. The summed E-state index contributed by atoms with van der Waals surface area (Å²) in [5, 5.41) is 14.0. The summed E-state index contributed by atoms with van der Waals surface area (Å²) >= 11 is 1.12. The van der Waals surface area contributed by atoms with Gasteiger partial charge in [-0.2, -0.15) is 0 Å². The van der Waals surface area contributed by atoms with Crippen LogP contribution >= 0.6 is 11.3 Å². The SMILES string of the molecule is Cc1ccc(NC(=O)c2nnc(COCC(=O)NCc3ccco3)s2)cc1. The fourth-order valence-electron chi connectivity index (χ4n) is 2.11. The Morgan fingerprint density at radius 2 is 2.00 bits per heavy atom. The summed E-state index contributed by atoms with van der Waals surface area (Å²) in [6.07, 6.45) is 1.54. The standard InChI is InChI=1S/C18H18N4O4S/c1-12-4-6-13(7-5-12)20-17(24)18-22-21-16(27-18)11-25-10-15(23)19-9-14-3-2-8-26-14/h2-8H,9-11H2,1H3,(H,19,23)(H,20,24). The van der Waals surface area contributed by atoms with Gasteiger partial charge in [-0.1, -0.05) is 29.0 Å². The van der Waals surface area contributed by atoms with Crippen LogP contribution in [0.5, 0.6) is 0 Å². The van der Waals surface area contributed by atoms with E-state index >= 15 is 0 Å². The van der Waals surface area contributed by atoms with Crippen LogP contribution in [-0.4, -0.2) is 28.6 Å². The number of carbonyl (C=O) groups excluding carboxylic acids is 2. The highest BCUT2D eigenvalue weighted by Crippen LogP contribution is 2.14. The van der Waals surface area contributed by atoms with Gasteiger partial charge in [0.2, 0.25) is 10.9 Å². The van der Waals surface area contributed by atoms with E-state index in [0.29, 0.717) is 23.0 Å².